The van der Waals surface area contributed by atoms with Crippen LogP contribution in [0, 0.1) is 0 Å². The van der Waals surface area contributed by atoms with Crippen LogP contribution < -0.4 is 0 Å². The van der Waals surface area contributed by atoms with Crippen LogP contribution in [0.4, 0.5) is 0 Å². The number of phenols is 4. The molecule has 0 aliphatic rings. The van der Waals surface area contributed by atoms with Gasteiger partial charge in [0.1, 0.15) is 23.0 Å². The van der Waals surface area contributed by atoms with Gasteiger partial charge in [-0.05, 0) is 66.1 Å². The van der Waals surface area contributed by atoms with E-state index in [1.165, 1.54) is 35.4 Å². The highest BCUT2D eigenvalue weighted by Crippen LogP contribution is 2.29. The van der Waals surface area contributed by atoms with E-state index in [1.54, 1.807) is 24.3 Å². The van der Waals surface area contributed by atoms with Crippen LogP contribution in [0.3, 0.4) is 0 Å². The number of aromatic hydroxyl groups is 4. The Hall–Kier alpha value is -3.14. The summed E-state index contributed by atoms with van der Waals surface area (Å²) in [5.74, 6) is 1.21. The fourth-order valence-electron chi connectivity index (χ4n) is 2.53. The van der Waals surface area contributed by atoms with Gasteiger partial charge in [-0.2, -0.15) is 0 Å². The fraction of sp³-hybridized carbons (Fsp3) is 0.143. The molecule has 4 heteroatoms. The third-order valence-corrected chi connectivity index (χ3v) is 3.85. The van der Waals surface area contributed by atoms with Crippen LogP contribution in [0.25, 0.3) is 0 Å². The summed E-state index contributed by atoms with van der Waals surface area (Å²) >= 11 is 0. The van der Waals surface area contributed by atoms with Crippen LogP contribution in [0.5, 0.6) is 23.0 Å². The van der Waals surface area contributed by atoms with E-state index in [1.807, 2.05) is 24.3 Å². The van der Waals surface area contributed by atoms with Gasteiger partial charge < -0.3 is 20.4 Å². The topological polar surface area (TPSA) is 80.9 Å². The Morgan fingerprint density at radius 1 is 0.520 bits per heavy atom. The van der Waals surface area contributed by atoms with Gasteiger partial charge in [0, 0.05) is 5.92 Å². The molecule has 0 saturated carbocycles. The van der Waals surface area contributed by atoms with Crippen molar-refractivity contribution < 1.29 is 20.4 Å². The molecule has 0 unspecified atom stereocenters. The second kappa shape index (κ2) is 8.64. The average molecular weight is 338 g/mol. The van der Waals surface area contributed by atoms with E-state index in [2.05, 4.69) is 6.92 Å². The van der Waals surface area contributed by atoms with E-state index in [9.17, 15) is 10.2 Å². The molecule has 0 saturated heterocycles. The van der Waals surface area contributed by atoms with E-state index < -0.39 is 0 Å². The quantitative estimate of drug-likeness (QED) is 0.520. The SMILES string of the molecule is CCC(c1ccc(O)cc1)c1ccc(O)cc1.Oc1ccc(O)cc1. The first-order chi connectivity index (χ1) is 12.0. The smallest absolute Gasteiger partial charge is 0.115 e. The van der Waals surface area contributed by atoms with E-state index in [4.69, 9.17) is 10.2 Å². The molecule has 0 radical (unpaired) electrons. The summed E-state index contributed by atoms with van der Waals surface area (Å²) in [6, 6.07) is 20.3. The lowest BCUT2D eigenvalue weighted by Gasteiger charge is -2.16. The zero-order valence-electron chi connectivity index (χ0n) is 14.0. The second-order valence-corrected chi connectivity index (χ2v) is 5.66. The van der Waals surface area contributed by atoms with E-state index in [0.29, 0.717) is 5.92 Å². The van der Waals surface area contributed by atoms with Crippen molar-refractivity contribution in [3.63, 3.8) is 0 Å². The van der Waals surface area contributed by atoms with Crippen LogP contribution in [-0.4, -0.2) is 20.4 Å². The van der Waals surface area contributed by atoms with Crippen molar-refractivity contribution in [2.45, 2.75) is 19.3 Å². The van der Waals surface area contributed by atoms with Gasteiger partial charge in [0.05, 0.1) is 0 Å². The van der Waals surface area contributed by atoms with Crippen LogP contribution >= 0.6 is 0 Å². The molecular weight excluding hydrogens is 316 g/mol. The van der Waals surface area contributed by atoms with Gasteiger partial charge >= 0.3 is 0 Å². The van der Waals surface area contributed by atoms with Crippen LogP contribution in [0.1, 0.15) is 30.4 Å². The minimum atomic E-state index is 0.169. The predicted molar refractivity (Wildman–Crippen MR) is 98.1 cm³/mol. The van der Waals surface area contributed by atoms with Crippen LogP contribution in [0.2, 0.25) is 0 Å². The molecule has 0 fully saturated rings. The third-order valence-electron chi connectivity index (χ3n) is 3.85. The van der Waals surface area contributed by atoms with Gasteiger partial charge in [0.2, 0.25) is 0 Å². The summed E-state index contributed by atoms with van der Waals surface area (Å²) in [5.41, 5.74) is 2.35. The normalized spacial score (nSPS) is 10.2. The fourth-order valence-corrected chi connectivity index (χ4v) is 2.53. The zero-order chi connectivity index (χ0) is 18.2. The minimum Gasteiger partial charge on any atom is -0.508 e. The maximum Gasteiger partial charge on any atom is 0.115 e. The lowest BCUT2D eigenvalue weighted by Crippen LogP contribution is -1.98. The van der Waals surface area contributed by atoms with Crippen molar-refractivity contribution in [1.82, 2.24) is 0 Å². The zero-order valence-corrected chi connectivity index (χ0v) is 14.0. The van der Waals surface area contributed by atoms with Crippen LogP contribution in [-0.2, 0) is 0 Å². The maximum absolute atomic E-state index is 9.29. The second-order valence-electron chi connectivity index (χ2n) is 5.66. The molecule has 0 heterocycles. The summed E-state index contributed by atoms with van der Waals surface area (Å²) in [4.78, 5) is 0. The number of hydrogen-bond donors (Lipinski definition) is 4. The summed E-state index contributed by atoms with van der Waals surface area (Å²) < 4.78 is 0. The lowest BCUT2D eigenvalue weighted by molar-refractivity contribution is 0.460. The van der Waals surface area contributed by atoms with Crippen molar-refractivity contribution in [3.05, 3.63) is 83.9 Å². The van der Waals surface area contributed by atoms with E-state index in [0.717, 1.165) is 6.42 Å². The van der Waals surface area contributed by atoms with E-state index >= 15 is 0 Å². The van der Waals surface area contributed by atoms with Crippen LogP contribution in [0.15, 0.2) is 72.8 Å². The Morgan fingerprint density at radius 2 is 0.760 bits per heavy atom. The molecule has 4 N–H and O–H groups in total. The van der Waals surface area contributed by atoms with Gasteiger partial charge in [0.25, 0.3) is 0 Å². The molecule has 0 amide bonds. The van der Waals surface area contributed by atoms with Gasteiger partial charge in [-0.1, -0.05) is 31.2 Å². The van der Waals surface area contributed by atoms with Crippen molar-refractivity contribution in [2.24, 2.45) is 0 Å². The Kier molecular flexibility index (Phi) is 6.29. The monoisotopic (exact) mass is 338 g/mol. The number of benzene rings is 3. The highest BCUT2D eigenvalue weighted by Gasteiger charge is 2.11. The molecule has 0 aromatic heterocycles. The van der Waals surface area contributed by atoms with Crippen molar-refractivity contribution in [2.75, 3.05) is 0 Å². The van der Waals surface area contributed by atoms with Gasteiger partial charge in [-0.25, -0.2) is 0 Å². The molecule has 3 aromatic rings. The minimum absolute atomic E-state index is 0.169. The molecule has 0 spiro atoms. The summed E-state index contributed by atoms with van der Waals surface area (Å²) in [6.07, 6.45) is 0.982. The first-order valence-electron chi connectivity index (χ1n) is 8.05. The van der Waals surface area contributed by atoms with Crippen molar-refractivity contribution in [3.8, 4) is 23.0 Å². The standard InChI is InChI=1S/C15H16O2.C6H6O2/c1-2-15(11-3-7-13(16)8-4-11)12-5-9-14(17)10-6-12;7-5-1-2-6(8)4-3-5/h3-10,15-17H,2H2,1H3;1-4,7-8H. The molecule has 130 valence electrons. The van der Waals surface area contributed by atoms with Gasteiger partial charge in [-0.15, -0.1) is 0 Å². The molecular formula is C21H22O4. The molecule has 0 atom stereocenters. The summed E-state index contributed by atoms with van der Waals surface area (Å²) in [6.45, 7) is 2.13. The molecule has 3 aromatic carbocycles. The summed E-state index contributed by atoms with van der Waals surface area (Å²) in [7, 11) is 0. The molecule has 3 rings (SSSR count). The largest absolute Gasteiger partial charge is 0.508 e. The number of rotatable bonds is 3. The Labute approximate surface area is 147 Å². The Morgan fingerprint density at radius 3 is 1.00 bits per heavy atom. The first kappa shape index (κ1) is 18.2. The average Bonchev–Trinajstić information content (AvgIpc) is 2.62. The lowest BCUT2D eigenvalue weighted by atomic mass is 9.89. The first-order valence-corrected chi connectivity index (χ1v) is 8.05. The number of phenolic OH excluding ortho intramolecular Hbond substituents is 4. The third kappa shape index (κ3) is 5.46. The Balaban J connectivity index is 0.000000236. The van der Waals surface area contributed by atoms with Gasteiger partial charge in [-0.3, -0.25) is 0 Å². The molecule has 0 aliphatic heterocycles. The van der Waals surface area contributed by atoms with Gasteiger partial charge in [0.15, 0.2) is 0 Å². The molecule has 4 nitrogen and oxygen atoms in total. The molecule has 25 heavy (non-hydrogen) atoms. The number of hydrogen-bond acceptors (Lipinski definition) is 4. The molecule has 0 bridgehead atoms. The predicted octanol–water partition coefficient (Wildman–Crippen LogP) is 4.74. The summed E-state index contributed by atoms with van der Waals surface area (Å²) in [5, 5.41) is 35.9. The van der Waals surface area contributed by atoms with E-state index in [-0.39, 0.29) is 23.0 Å². The Bertz CT molecular complexity index is 696. The highest BCUT2D eigenvalue weighted by molar-refractivity contribution is 5.37. The molecule has 0 aliphatic carbocycles. The van der Waals surface area contributed by atoms with Crippen molar-refractivity contribution >= 4 is 0 Å². The highest BCUT2D eigenvalue weighted by atomic mass is 16.3. The maximum atomic E-state index is 9.29. The van der Waals surface area contributed by atoms with Crippen molar-refractivity contribution in [1.29, 1.82) is 0 Å².